The van der Waals surface area contributed by atoms with E-state index >= 15 is 0 Å². The zero-order chi connectivity index (χ0) is 9.42. The first-order chi connectivity index (χ1) is 6.20. The van der Waals surface area contributed by atoms with Gasteiger partial charge in [-0.3, -0.25) is 4.79 Å². The van der Waals surface area contributed by atoms with Gasteiger partial charge in [0, 0.05) is 5.92 Å². The lowest BCUT2D eigenvalue weighted by Crippen LogP contribution is -2.13. The van der Waals surface area contributed by atoms with Crippen LogP contribution in [0.1, 0.15) is 17.9 Å². The molecule has 1 aromatic rings. The molecule has 1 amide bonds. The van der Waals surface area contributed by atoms with E-state index in [1.807, 2.05) is 0 Å². The number of carbonyl (C=O) groups is 1. The number of hydrogen-bond donors (Lipinski definition) is 1. The highest BCUT2D eigenvalue weighted by molar-refractivity contribution is 5.81. The van der Waals surface area contributed by atoms with Crippen LogP contribution in [-0.2, 0) is 4.79 Å². The van der Waals surface area contributed by atoms with Gasteiger partial charge in [-0.2, -0.15) is 0 Å². The second-order valence-electron chi connectivity index (χ2n) is 3.37. The van der Waals surface area contributed by atoms with Gasteiger partial charge in [-0.1, -0.05) is 18.2 Å². The largest absolute Gasteiger partial charge is 0.369 e. The van der Waals surface area contributed by atoms with Gasteiger partial charge in [-0.25, -0.2) is 4.39 Å². The average molecular weight is 179 g/mol. The van der Waals surface area contributed by atoms with Crippen LogP contribution >= 0.6 is 0 Å². The molecule has 1 aliphatic carbocycles. The molecule has 1 fully saturated rings. The molecule has 1 aliphatic rings. The third-order valence-electron chi connectivity index (χ3n) is 2.46. The maximum Gasteiger partial charge on any atom is 0.221 e. The summed E-state index contributed by atoms with van der Waals surface area (Å²) in [5.41, 5.74) is 5.73. The summed E-state index contributed by atoms with van der Waals surface area (Å²) in [5.74, 6) is -0.708. The highest BCUT2D eigenvalue weighted by Gasteiger charge is 2.43. The van der Waals surface area contributed by atoms with Gasteiger partial charge in [0.05, 0.1) is 0 Å². The number of carbonyl (C=O) groups excluding carboxylic acids is 1. The second kappa shape index (κ2) is 2.83. The van der Waals surface area contributed by atoms with Crippen molar-refractivity contribution < 1.29 is 9.18 Å². The van der Waals surface area contributed by atoms with Crippen molar-refractivity contribution in [2.75, 3.05) is 0 Å². The minimum Gasteiger partial charge on any atom is -0.369 e. The normalized spacial score (nSPS) is 25.6. The van der Waals surface area contributed by atoms with Crippen molar-refractivity contribution in [2.45, 2.75) is 12.3 Å². The summed E-state index contributed by atoms with van der Waals surface area (Å²) >= 11 is 0. The molecule has 0 aliphatic heterocycles. The van der Waals surface area contributed by atoms with Crippen molar-refractivity contribution in [3.8, 4) is 0 Å². The Labute approximate surface area is 75.6 Å². The van der Waals surface area contributed by atoms with Crippen molar-refractivity contribution in [1.29, 1.82) is 0 Å². The van der Waals surface area contributed by atoms with E-state index in [0.717, 1.165) is 0 Å². The van der Waals surface area contributed by atoms with Crippen LogP contribution < -0.4 is 5.73 Å². The molecule has 3 heteroatoms. The minimum atomic E-state index is -0.326. The Hall–Kier alpha value is -1.38. The zero-order valence-electron chi connectivity index (χ0n) is 7.03. The first kappa shape index (κ1) is 8.23. The van der Waals surface area contributed by atoms with E-state index < -0.39 is 0 Å². The monoisotopic (exact) mass is 179 g/mol. The molecule has 2 unspecified atom stereocenters. The Kier molecular flexibility index (Phi) is 1.79. The maximum absolute atomic E-state index is 13.2. The summed E-state index contributed by atoms with van der Waals surface area (Å²) < 4.78 is 13.2. The lowest BCUT2D eigenvalue weighted by molar-refractivity contribution is -0.119. The summed E-state index contributed by atoms with van der Waals surface area (Å²) in [6, 6.07) is 6.53. The minimum absolute atomic E-state index is 0.0127. The molecule has 0 saturated heterocycles. The second-order valence-corrected chi connectivity index (χ2v) is 3.37. The molecule has 0 heterocycles. The summed E-state index contributed by atoms with van der Waals surface area (Å²) in [5, 5.41) is 0. The SMILES string of the molecule is NC(=O)C1CC1c1ccccc1F. The van der Waals surface area contributed by atoms with E-state index in [2.05, 4.69) is 0 Å². The fourth-order valence-electron chi connectivity index (χ4n) is 1.63. The lowest BCUT2D eigenvalue weighted by Gasteiger charge is -1.99. The van der Waals surface area contributed by atoms with Crippen molar-refractivity contribution >= 4 is 5.91 Å². The number of nitrogens with two attached hydrogens (primary N) is 1. The Morgan fingerprint density at radius 1 is 1.46 bits per heavy atom. The van der Waals surface area contributed by atoms with Crippen LogP contribution in [0.2, 0.25) is 0 Å². The van der Waals surface area contributed by atoms with Gasteiger partial charge < -0.3 is 5.73 Å². The van der Waals surface area contributed by atoms with E-state index in [4.69, 9.17) is 5.73 Å². The Balaban J connectivity index is 2.21. The van der Waals surface area contributed by atoms with Gasteiger partial charge in [-0.05, 0) is 24.0 Å². The summed E-state index contributed by atoms with van der Waals surface area (Å²) in [4.78, 5) is 10.8. The van der Waals surface area contributed by atoms with Crippen molar-refractivity contribution in [3.63, 3.8) is 0 Å². The topological polar surface area (TPSA) is 43.1 Å². The molecule has 13 heavy (non-hydrogen) atoms. The predicted octanol–water partition coefficient (Wildman–Crippen LogP) is 1.41. The van der Waals surface area contributed by atoms with E-state index in [-0.39, 0.29) is 23.6 Å². The summed E-state index contributed by atoms with van der Waals surface area (Å²) in [7, 11) is 0. The molecule has 1 aromatic carbocycles. The predicted molar refractivity (Wildman–Crippen MR) is 46.4 cm³/mol. The molecular formula is C10H10FNO. The van der Waals surface area contributed by atoms with Crippen LogP contribution in [0, 0.1) is 11.7 Å². The summed E-state index contributed by atoms with van der Waals surface area (Å²) in [6.07, 6.45) is 0.691. The number of amides is 1. The van der Waals surface area contributed by atoms with Gasteiger partial charge in [0.25, 0.3) is 0 Å². The van der Waals surface area contributed by atoms with Gasteiger partial charge in [0.2, 0.25) is 5.91 Å². The lowest BCUT2D eigenvalue weighted by atomic mass is 10.1. The first-order valence-corrected chi connectivity index (χ1v) is 4.24. The highest BCUT2D eigenvalue weighted by atomic mass is 19.1. The molecular weight excluding hydrogens is 169 g/mol. The number of hydrogen-bond acceptors (Lipinski definition) is 1. The number of benzene rings is 1. The van der Waals surface area contributed by atoms with Gasteiger partial charge in [-0.15, -0.1) is 0 Å². The van der Waals surface area contributed by atoms with Crippen LogP contribution in [0.4, 0.5) is 4.39 Å². The van der Waals surface area contributed by atoms with Gasteiger partial charge >= 0.3 is 0 Å². The van der Waals surface area contributed by atoms with E-state index in [9.17, 15) is 9.18 Å². The van der Waals surface area contributed by atoms with Crippen molar-refractivity contribution in [1.82, 2.24) is 0 Å². The number of rotatable bonds is 2. The van der Waals surface area contributed by atoms with Crippen LogP contribution in [0.3, 0.4) is 0 Å². The van der Waals surface area contributed by atoms with Crippen LogP contribution in [-0.4, -0.2) is 5.91 Å². The fraction of sp³-hybridized carbons (Fsp3) is 0.300. The maximum atomic E-state index is 13.2. The third kappa shape index (κ3) is 1.41. The van der Waals surface area contributed by atoms with Crippen molar-refractivity contribution in [2.24, 2.45) is 11.7 Å². The number of primary amides is 1. The van der Waals surface area contributed by atoms with Crippen LogP contribution in [0.5, 0.6) is 0 Å². The van der Waals surface area contributed by atoms with E-state index in [0.29, 0.717) is 12.0 Å². The quantitative estimate of drug-likeness (QED) is 0.732. The average Bonchev–Trinajstić information content (AvgIpc) is 2.84. The van der Waals surface area contributed by atoms with Crippen molar-refractivity contribution in [3.05, 3.63) is 35.6 Å². The zero-order valence-corrected chi connectivity index (χ0v) is 7.03. The fourth-order valence-corrected chi connectivity index (χ4v) is 1.63. The smallest absolute Gasteiger partial charge is 0.221 e. The Morgan fingerprint density at radius 3 is 2.69 bits per heavy atom. The number of halogens is 1. The molecule has 68 valence electrons. The standard InChI is InChI=1S/C10H10FNO/c11-9-4-2-1-3-6(9)7-5-8(7)10(12)13/h1-4,7-8H,5H2,(H2,12,13). The molecule has 2 nitrogen and oxygen atoms in total. The molecule has 2 atom stereocenters. The molecule has 0 aromatic heterocycles. The first-order valence-electron chi connectivity index (χ1n) is 4.24. The molecule has 2 N–H and O–H groups in total. The Morgan fingerprint density at radius 2 is 2.15 bits per heavy atom. The van der Waals surface area contributed by atoms with Crippen LogP contribution in [0.15, 0.2) is 24.3 Å². The third-order valence-corrected chi connectivity index (χ3v) is 2.46. The van der Waals surface area contributed by atoms with Gasteiger partial charge in [0.15, 0.2) is 0 Å². The molecule has 0 bridgehead atoms. The van der Waals surface area contributed by atoms with E-state index in [1.165, 1.54) is 6.07 Å². The van der Waals surface area contributed by atoms with Crippen LogP contribution in [0.25, 0.3) is 0 Å². The Bertz CT molecular complexity index is 351. The highest BCUT2D eigenvalue weighted by Crippen LogP contribution is 2.47. The summed E-state index contributed by atoms with van der Waals surface area (Å²) in [6.45, 7) is 0. The molecule has 0 spiro atoms. The molecule has 2 rings (SSSR count). The van der Waals surface area contributed by atoms with E-state index in [1.54, 1.807) is 18.2 Å². The molecule has 1 saturated carbocycles. The van der Waals surface area contributed by atoms with Gasteiger partial charge in [0.1, 0.15) is 5.82 Å². The molecule has 0 radical (unpaired) electrons.